The van der Waals surface area contributed by atoms with Crippen LogP contribution < -0.4 is 10.1 Å². The van der Waals surface area contributed by atoms with Crippen LogP contribution in [0.3, 0.4) is 0 Å². The molecule has 0 spiro atoms. The SMILES string of the molecule is Cc1cc(C(=O)O)ccc1NCc1cc(Br)ccc1OCc1ccc(Cl)cc1Cl. The number of carbonyl (C=O) groups is 1. The summed E-state index contributed by atoms with van der Waals surface area (Å²) in [5, 5.41) is 13.6. The summed E-state index contributed by atoms with van der Waals surface area (Å²) >= 11 is 15.7. The third-order valence-electron chi connectivity index (χ3n) is 4.36. The first-order chi connectivity index (χ1) is 13.8. The number of nitrogens with one attached hydrogen (secondary N) is 1. The fourth-order valence-corrected chi connectivity index (χ4v) is 3.68. The van der Waals surface area contributed by atoms with Crippen molar-refractivity contribution in [2.45, 2.75) is 20.1 Å². The molecule has 7 heteroatoms. The molecule has 0 aliphatic heterocycles. The second-order valence-corrected chi connectivity index (χ2v) is 8.22. The predicted molar refractivity (Wildman–Crippen MR) is 120 cm³/mol. The number of anilines is 1. The topological polar surface area (TPSA) is 58.6 Å². The fourth-order valence-electron chi connectivity index (χ4n) is 2.81. The first-order valence-corrected chi connectivity index (χ1v) is 10.3. The van der Waals surface area contributed by atoms with Gasteiger partial charge in [0.15, 0.2) is 0 Å². The van der Waals surface area contributed by atoms with E-state index in [1.807, 2.05) is 31.2 Å². The van der Waals surface area contributed by atoms with E-state index in [4.69, 9.17) is 33.0 Å². The monoisotopic (exact) mass is 493 g/mol. The van der Waals surface area contributed by atoms with Gasteiger partial charge in [0.05, 0.1) is 5.56 Å². The summed E-state index contributed by atoms with van der Waals surface area (Å²) in [6.07, 6.45) is 0. The van der Waals surface area contributed by atoms with Gasteiger partial charge >= 0.3 is 5.97 Å². The van der Waals surface area contributed by atoms with Crippen molar-refractivity contribution in [3.05, 3.63) is 91.4 Å². The standard InChI is InChI=1S/C22H18BrCl2NO3/c1-13-8-14(22(27)28)3-6-20(13)26-11-16-9-17(23)4-7-21(16)29-12-15-2-5-18(24)10-19(15)25/h2-10,26H,11-12H2,1H3,(H,27,28). The zero-order chi connectivity index (χ0) is 21.0. The normalized spacial score (nSPS) is 10.6. The Bertz CT molecular complexity index is 1060. The summed E-state index contributed by atoms with van der Waals surface area (Å²) in [4.78, 5) is 11.1. The summed E-state index contributed by atoms with van der Waals surface area (Å²) < 4.78 is 6.94. The molecular formula is C22H18BrCl2NO3. The number of hydrogen-bond acceptors (Lipinski definition) is 3. The Hall–Kier alpha value is -2.21. The van der Waals surface area contributed by atoms with E-state index in [0.717, 1.165) is 32.6 Å². The molecule has 3 aromatic carbocycles. The van der Waals surface area contributed by atoms with E-state index in [9.17, 15) is 4.79 Å². The van der Waals surface area contributed by atoms with Crippen LogP contribution in [0, 0.1) is 6.92 Å². The predicted octanol–water partition coefficient (Wildman–Crippen LogP) is 6.95. The molecule has 0 saturated carbocycles. The van der Waals surface area contributed by atoms with Crippen LogP contribution in [0.15, 0.2) is 59.1 Å². The summed E-state index contributed by atoms with van der Waals surface area (Å²) in [6, 6.07) is 16.1. The minimum absolute atomic E-state index is 0.263. The lowest BCUT2D eigenvalue weighted by Crippen LogP contribution is -2.06. The highest BCUT2D eigenvalue weighted by atomic mass is 79.9. The summed E-state index contributed by atoms with van der Waals surface area (Å²) in [5.74, 6) is -0.213. The number of halogens is 3. The van der Waals surface area contributed by atoms with E-state index in [2.05, 4.69) is 21.2 Å². The number of aryl methyl sites for hydroxylation is 1. The van der Waals surface area contributed by atoms with E-state index in [0.29, 0.717) is 23.2 Å². The Balaban J connectivity index is 1.74. The maximum Gasteiger partial charge on any atom is 0.335 e. The fraction of sp³-hybridized carbons (Fsp3) is 0.136. The van der Waals surface area contributed by atoms with Gasteiger partial charge in [0.2, 0.25) is 0 Å². The van der Waals surface area contributed by atoms with Crippen LogP contribution >= 0.6 is 39.1 Å². The van der Waals surface area contributed by atoms with Crippen LogP contribution in [0.4, 0.5) is 5.69 Å². The minimum atomic E-state index is -0.941. The lowest BCUT2D eigenvalue weighted by Gasteiger charge is -2.15. The average molecular weight is 495 g/mol. The first kappa shape index (κ1) is 21.5. The Morgan fingerprint density at radius 2 is 1.86 bits per heavy atom. The molecule has 29 heavy (non-hydrogen) atoms. The molecule has 0 radical (unpaired) electrons. The molecular weight excluding hydrogens is 477 g/mol. The lowest BCUT2D eigenvalue weighted by molar-refractivity contribution is 0.0697. The van der Waals surface area contributed by atoms with E-state index in [-0.39, 0.29) is 5.56 Å². The maximum absolute atomic E-state index is 11.1. The Morgan fingerprint density at radius 1 is 1.07 bits per heavy atom. The summed E-state index contributed by atoms with van der Waals surface area (Å²) in [5.41, 5.74) is 3.78. The molecule has 2 N–H and O–H groups in total. The maximum atomic E-state index is 11.1. The van der Waals surface area contributed by atoms with E-state index in [1.165, 1.54) is 0 Å². The molecule has 0 aliphatic carbocycles. The highest BCUT2D eigenvalue weighted by Gasteiger charge is 2.10. The van der Waals surface area contributed by atoms with Gasteiger partial charge < -0.3 is 15.2 Å². The molecule has 3 rings (SSSR count). The number of hydrogen-bond donors (Lipinski definition) is 2. The van der Waals surface area contributed by atoms with E-state index >= 15 is 0 Å². The van der Waals surface area contributed by atoms with Crippen LogP contribution in [-0.4, -0.2) is 11.1 Å². The number of rotatable bonds is 7. The molecule has 0 saturated heterocycles. The number of benzene rings is 3. The second kappa shape index (κ2) is 9.53. The number of aromatic carboxylic acids is 1. The molecule has 0 fully saturated rings. The van der Waals surface area contributed by atoms with Gasteiger partial charge in [-0.2, -0.15) is 0 Å². The van der Waals surface area contributed by atoms with Crippen molar-refractivity contribution in [3.8, 4) is 5.75 Å². The number of ether oxygens (including phenoxy) is 1. The van der Waals surface area contributed by atoms with E-state index in [1.54, 1.807) is 30.3 Å². The molecule has 0 bridgehead atoms. The minimum Gasteiger partial charge on any atom is -0.488 e. The molecule has 4 nitrogen and oxygen atoms in total. The van der Waals surface area contributed by atoms with Gasteiger partial charge in [0.25, 0.3) is 0 Å². The van der Waals surface area contributed by atoms with E-state index < -0.39 is 5.97 Å². The molecule has 3 aromatic rings. The number of carboxylic acid groups (broad SMARTS) is 1. The van der Waals surface area contributed by atoms with Crippen LogP contribution in [-0.2, 0) is 13.2 Å². The second-order valence-electron chi connectivity index (χ2n) is 6.46. The van der Waals surface area contributed by atoms with Crippen molar-refractivity contribution in [3.63, 3.8) is 0 Å². The van der Waals surface area contributed by atoms with Gasteiger partial charge in [0, 0.05) is 37.9 Å². The summed E-state index contributed by atoms with van der Waals surface area (Å²) in [6.45, 7) is 2.70. The van der Waals surface area contributed by atoms with Crippen LogP contribution in [0.1, 0.15) is 27.0 Å². The zero-order valence-corrected chi connectivity index (χ0v) is 18.6. The van der Waals surface area contributed by atoms with Crippen molar-refractivity contribution >= 4 is 50.8 Å². The molecule has 150 valence electrons. The quantitative estimate of drug-likeness (QED) is 0.373. The van der Waals surface area contributed by atoms with Gasteiger partial charge in [-0.05, 0) is 61.0 Å². The Labute approximate surface area is 187 Å². The van der Waals surface area contributed by atoms with Crippen molar-refractivity contribution in [1.29, 1.82) is 0 Å². The van der Waals surface area contributed by atoms with Crippen LogP contribution in [0.2, 0.25) is 10.0 Å². The smallest absolute Gasteiger partial charge is 0.335 e. The van der Waals surface area contributed by atoms with Crippen molar-refractivity contribution in [1.82, 2.24) is 0 Å². The molecule has 0 aromatic heterocycles. The van der Waals surface area contributed by atoms with Gasteiger partial charge in [-0.15, -0.1) is 0 Å². The molecule has 0 atom stereocenters. The number of carboxylic acids is 1. The van der Waals surface area contributed by atoms with Gasteiger partial charge in [0.1, 0.15) is 12.4 Å². The van der Waals surface area contributed by atoms with Crippen LogP contribution in [0.5, 0.6) is 5.75 Å². The zero-order valence-electron chi connectivity index (χ0n) is 15.5. The van der Waals surface area contributed by atoms with Gasteiger partial charge in [-0.3, -0.25) is 0 Å². The van der Waals surface area contributed by atoms with Crippen LogP contribution in [0.25, 0.3) is 0 Å². The van der Waals surface area contributed by atoms with Gasteiger partial charge in [-0.1, -0.05) is 45.2 Å². The highest BCUT2D eigenvalue weighted by molar-refractivity contribution is 9.10. The third-order valence-corrected chi connectivity index (χ3v) is 5.44. The summed E-state index contributed by atoms with van der Waals surface area (Å²) in [7, 11) is 0. The average Bonchev–Trinajstić information content (AvgIpc) is 2.67. The lowest BCUT2D eigenvalue weighted by atomic mass is 10.1. The molecule has 0 heterocycles. The van der Waals surface area contributed by atoms with Crippen molar-refractivity contribution < 1.29 is 14.6 Å². The molecule has 0 unspecified atom stereocenters. The Morgan fingerprint density at radius 3 is 2.55 bits per heavy atom. The Kier molecular flexibility index (Phi) is 7.06. The third kappa shape index (κ3) is 5.66. The molecule has 0 amide bonds. The van der Waals surface area contributed by atoms with Crippen molar-refractivity contribution in [2.75, 3.05) is 5.32 Å². The van der Waals surface area contributed by atoms with Gasteiger partial charge in [-0.25, -0.2) is 4.79 Å². The largest absolute Gasteiger partial charge is 0.488 e. The highest BCUT2D eigenvalue weighted by Crippen LogP contribution is 2.28. The molecule has 0 aliphatic rings. The van der Waals surface area contributed by atoms with Crippen molar-refractivity contribution in [2.24, 2.45) is 0 Å². The first-order valence-electron chi connectivity index (χ1n) is 8.76.